The SMILES string of the molecule is COc1ccc(C(=O)NC2CCCCCCC2)cc1CN(c1ccc(F)cc1)S(C)(=O)=O. The molecule has 3 rings (SSSR count). The van der Waals surface area contributed by atoms with Crippen molar-refractivity contribution in [2.45, 2.75) is 57.5 Å². The van der Waals surface area contributed by atoms with Crippen LogP contribution in [0.1, 0.15) is 60.9 Å². The molecule has 1 saturated carbocycles. The van der Waals surface area contributed by atoms with E-state index in [1.807, 2.05) is 0 Å². The summed E-state index contributed by atoms with van der Waals surface area (Å²) in [6.45, 7) is -0.0435. The molecule has 0 bridgehead atoms. The van der Waals surface area contributed by atoms with E-state index in [4.69, 9.17) is 4.74 Å². The molecule has 174 valence electrons. The molecule has 6 nitrogen and oxygen atoms in total. The molecule has 0 atom stereocenters. The molecule has 1 fully saturated rings. The summed E-state index contributed by atoms with van der Waals surface area (Å²) in [5.41, 5.74) is 1.34. The smallest absolute Gasteiger partial charge is 0.251 e. The highest BCUT2D eigenvalue weighted by Crippen LogP contribution is 2.27. The van der Waals surface area contributed by atoms with Gasteiger partial charge in [-0.15, -0.1) is 0 Å². The van der Waals surface area contributed by atoms with Crippen LogP contribution in [0.4, 0.5) is 10.1 Å². The van der Waals surface area contributed by atoms with E-state index in [0.717, 1.165) is 31.9 Å². The zero-order valence-corrected chi connectivity index (χ0v) is 19.5. The van der Waals surface area contributed by atoms with Crippen LogP contribution in [0, 0.1) is 5.82 Å². The van der Waals surface area contributed by atoms with Gasteiger partial charge in [0, 0.05) is 17.2 Å². The maximum absolute atomic E-state index is 13.3. The fraction of sp³-hybridized carbons (Fsp3) is 0.458. The highest BCUT2D eigenvalue weighted by molar-refractivity contribution is 7.92. The number of halogens is 1. The van der Waals surface area contributed by atoms with E-state index in [1.54, 1.807) is 18.2 Å². The summed E-state index contributed by atoms with van der Waals surface area (Å²) in [6, 6.07) is 10.4. The van der Waals surface area contributed by atoms with Gasteiger partial charge < -0.3 is 10.1 Å². The van der Waals surface area contributed by atoms with Crippen LogP contribution in [0.2, 0.25) is 0 Å². The molecule has 0 spiro atoms. The van der Waals surface area contributed by atoms with Gasteiger partial charge in [-0.05, 0) is 55.3 Å². The van der Waals surface area contributed by atoms with Gasteiger partial charge in [0.05, 0.1) is 25.6 Å². The van der Waals surface area contributed by atoms with E-state index >= 15 is 0 Å². The topological polar surface area (TPSA) is 75.7 Å². The number of rotatable bonds is 7. The molecular formula is C24H31FN2O4S. The summed E-state index contributed by atoms with van der Waals surface area (Å²) in [7, 11) is -2.17. The standard InChI is InChI=1S/C24H31FN2O4S/c1-31-23-15-10-18(24(28)26-21-8-6-4-3-5-7-9-21)16-19(23)17-27(32(2,29)30)22-13-11-20(25)12-14-22/h10-16,21H,3-9,17H2,1-2H3,(H,26,28). The van der Waals surface area contributed by atoms with Crippen molar-refractivity contribution in [3.63, 3.8) is 0 Å². The Bertz CT molecular complexity index is 1020. The second kappa shape index (κ2) is 10.8. The minimum atomic E-state index is -3.66. The molecule has 1 N–H and O–H groups in total. The third-order valence-corrected chi connectivity index (χ3v) is 6.95. The normalized spacial score (nSPS) is 15.5. The van der Waals surface area contributed by atoms with Gasteiger partial charge in [0.15, 0.2) is 0 Å². The molecule has 0 saturated heterocycles. The van der Waals surface area contributed by atoms with Crippen molar-refractivity contribution in [3.05, 3.63) is 59.4 Å². The van der Waals surface area contributed by atoms with Crippen LogP contribution in [0.15, 0.2) is 42.5 Å². The largest absolute Gasteiger partial charge is 0.496 e. The Morgan fingerprint density at radius 2 is 1.69 bits per heavy atom. The summed E-state index contributed by atoms with van der Waals surface area (Å²) in [5.74, 6) is -0.150. The highest BCUT2D eigenvalue weighted by atomic mass is 32.2. The van der Waals surface area contributed by atoms with Crippen molar-refractivity contribution < 1.29 is 22.3 Å². The zero-order valence-electron chi connectivity index (χ0n) is 18.6. The molecule has 0 aromatic heterocycles. The predicted molar refractivity (Wildman–Crippen MR) is 124 cm³/mol. The van der Waals surface area contributed by atoms with Gasteiger partial charge in [0.2, 0.25) is 10.0 Å². The quantitative estimate of drug-likeness (QED) is 0.650. The first-order chi connectivity index (χ1) is 15.3. The molecule has 2 aromatic carbocycles. The maximum atomic E-state index is 13.3. The van der Waals surface area contributed by atoms with Crippen molar-refractivity contribution in [1.82, 2.24) is 5.32 Å². The molecule has 0 heterocycles. The first-order valence-electron chi connectivity index (χ1n) is 11.0. The Balaban J connectivity index is 1.84. The Labute approximate surface area is 189 Å². The van der Waals surface area contributed by atoms with E-state index in [9.17, 15) is 17.6 Å². The number of amides is 1. The number of hydrogen-bond acceptors (Lipinski definition) is 4. The van der Waals surface area contributed by atoms with Crippen molar-refractivity contribution in [2.24, 2.45) is 0 Å². The molecule has 0 radical (unpaired) electrons. The molecule has 1 aliphatic carbocycles. The lowest BCUT2D eigenvalue weighted by Gasteiger charge is -2.24. The fourth-order valence-corrected chi connectivity index (χ4v) is 4.95. The monoisotopic (exact) mass is 462 g/mol. The number of methoxy groups -OCH3 is 1. The fourth-order valence-electron chi connectivity index (χ4n) is 4.07. The molecule has 0 unspecified atom stereocenters. The number of carbonyl (C=O) groups is 1. The molecule has 1 aliphatic rings. The van der Waals surface area contributed by atoms with Gasteiger partial charge in [0.25, 0.3) is 5.91 Å². The maximum Gasteiger partial charge on any atom is 0.251 e. The van der Waals surface area contributed by atoms with Gasteiger partial charge in [0.1, 0.15) is 11.6 Å². The summed E-state index contributed by atoms with van der Waals surface area (Å²) >= 11 is 0. The Hall–Kier alpha value is -2.61. The predicted octanol–water partition coefficient (Wildman–Crippen LogP) is 4.64. The number of anilines is 1. The minimum Gasteiger partial charge on any atom is -0.496 e. The summed E-state index contributed by atoms with van der Waals surface area (Å²) < 4.78 is 44.9. The lowest BCUT2D eigenvalue weighted by Crippen LogP contribution is -2.35. The second-order valence-corrected chi connectivity index (χ2v) is 10.2. The number of hydrogen-bond donors (Lipinski definition) is 1. The Morgan fingerprint density at radius 1 is 1.06 bits per heavy atom. The first-order valence-corrected chi connectivity index (χ1v) is 12.8. The van der Waals surface area contributed by atoms with Crippen LogP contribution in [0.5, 0.6) is 5.75 Å². The van der Waals surface area contributed by atoms with Crippen molar-refractivity contribution in [1.29, 1.82) is 0 Å². The average molecular weight is 463 g/mol. The molecular weight excluding hydrogens is 431 g/mol. The van der Waals surface area contributed by atoms with Gasteiger partial charge in [-0.3, -0.25) is 9.10 Å². The zero-order chi connectivity index (χ0) is 23.1. The lowest BCUT2D eigenvalue weighted by molar-refractivity contribution is 0.0930. The molecule has 2 aromatic rings. The second-order valence-electron chi connectivity index (χ2n) is 8.29. The van der Waals surface area contributed by atoms with Crippen LogP contribution < -0.4 is 14.4 Å². The first kappa shape index (κ1) is 24.0. The number of nitrogens with one attached hydrogen (secondary N) is 1. The summed E-state index contributed by atoms with van der Waals surface area (Å²) in [6.07, 6.45) is 8.91. The van der Waals surface area contributed by atoms with Crippen molar-refractivity contribution in [3.8, 4) is 5.75 Å². The number of sulfonamides is 1. The average Bonchev–Trinajstić information content (AvgIpc) is 2.73. The van der Waals surface area contributed by atoms with E-state index in [-0.39, 0.29) is 18.5 Å². The molecule has 8 heteroatoms. The summed E-state index contributed by atoms with van der Waals surface area (Å²) in [5, 5.41) is 3.14. The molecule has 32 heavy (non-hydrogen) atoms. The van der Waals surface area contributed by atoms with Gasteiger partial charge >= 0.3 is 0 Å². The van der Waals surface area contributed by atoms with E-state index in [2.05, 4.69) is 5.32 Å². The van der Waals surface area contributed by atoms with Crippen LogP contribution in [0.25, 0.3) is 0 Å². The number of ether oxygens (including phenoxy) is 1. The van der Waals surface area contributed by atoms with Gasteiger partial charge in [-0.1, -0.05) is 32.1 Å². The Morgan fingerprint density at radius 3 is 2.28 bits per heavy atom. The van der Waals surface area contributed by atoms with E-state index < -0.39 is 15.8 Å². The highest BCUT2D eigenvalue weighted by Gasteiger charge is 2.22. The van der Waals surface area contributed by atoms with Crippen LogP contribution in [-0.2, 0) is 16.6 Å². The molecule has 0 aliphatic heterocycles. The van der Waals surface area contributed by atoms with Crippen LogP contribution in [-0.4, -0.2) is 33.7 Å². The third kappa shape index (κ3) is 6.45. The molecule has 1 amide bonds. The Kier molecular flexibility index (Phi) is 8.12. The number of benzene rings is 2. The van der Waals surface area contributed by atoms with E-state index in [0.29, 0.717) is 22.6 Å². The van der Waals surface area contributed by atoms with Crippen molar-refractivity contribution in [2.75, 3.05) is 17.7 Å². The third-order valence-electron chi connectivity index (χ3n) is 5.81. The van der Waals surface area contributed by atoms with Crippen LogP contribution in [0.3, 0.4) is 0 Å². The minimum absolute atomic E-state index is 0.0435. The summed E-state index contributed by atoms with van der Waals surface area (Å²) in [4.78, 5) is 12.9. The number of nitrogens with zero attached hydrogens (tertiary/aromatic N) is 1. The van der Waals surface area contributed by atoms with Gasteiger partial charge in [-0.2, -0.15) is 0 Å². The van der Waals surface area contributed by atoms with Crippen LogP contribution >= 0.6 is 0 Å². The van der Waals surface area contributed by atoms with Gasteiger partial charge in [-0.25, -0.2) is 12.8 Å². The number of carbonyl (C=O) groups excluding carboxylic acids is 1. The lowest BCUT2D eigenvalue weighted by atomic mass is 9.96. The van der Waals surface area contributed by atoms with Crippen molar-refractivity contribution >= 4 is 21.6 Å². The van der Waals surface area contributed by atoms with E-state index in [1.165, 1.54) is 54.9 Å².